The predicted molar refractivity (Wildman–Crippen MR) is 72.4 cm³/mol. The summed E-state index contributed by atoms with van der Waals surface area (Å²) in [6.07, 6.45) is -0.876. The number of phenols is 1. The van der Waals surface area contributed by atoms with Crippen LogP contribution in [0.1, 0.15) is 11.7 Å². The summed E-state index contributed by atoms with van der Waals surface area (Å²) >= 11 is 0. The quantitative estimate of drug-likeness (QED) is 0.463. The average molecular weight is 306 g/mol. The van der Waals surface area contributed by atoms with E-state index in [1.54, 1.807) is 0 Å². The van der Waals surface area contributed by atoms with Gasteiger partial charge >= 0.3 is 0 Å². The topological polar surface area (TPSA) is 127 Å². The van der Waals surface area contributed by atoms with Gasteiger partial charge in [-0.2, -0.15) is 0 Å². The van der Waals surface area contributed by atoms with Crippen molar-refractivity contribution >= 4 is 5.78 Å². The molecule has 1 aliphatic heterocycles. The normalized spacial score (nSPS) is 30.0. The number of hydrogen-bond donors (Lipinski definition) is 5. The lowest BCUT2D eigenvalue weighted by atomic mass is 9.80. The number of aliphatic hydroxyl groups excluding tert-OH is 2. The van der Waals surface area contributed by atoms with Crippen LogP contribution in [-0.4, -0.2) is 43.2 Å². The number of allylic oxidation sites excluding steroid dienone is 1. The Hall–Kier alpha value is -2.35. The molecule has 1 aliphatic carbocycles. The van der Waals surface area contributed by atoms with Crippen LogP contribution in [0.4, 0.5) is 0 Å². The van der Waals surface area contributed by atoms with E-state index in [9.17, 15) is 30.3 Å². The molecular formula is C15H14O7. The molecule has 0 radical (unpaired) electrons. The SMILES string of the molecule is O=C1C2C(=CC(O)=CC2(O)O)O[C@H](c2ccc(O)cc2)[C@H]1O. The van der Waals surface area contributed by atoms with Crippen LogP contribution in [-0.2, 0) is 9.53 Å². The smallest absolute Gasteiger partial charge is 0.204 e. The second kappa shape index (κ2) is 4.84. The monoisotopic (exact) mass is 306 g/mol. The summed E-state index contributed by atoms with van der Waals surface area (Å²) in [5, 5.41) is 48.6. The van der Waals surface area contributed by atoms with Gasteiger partial charge in [0.05, 0.1) is 0 Å². The fraction of sp³-hybridized carbons (Fsp3) is 0.267. The van der Waals surface area contributed by atoms with Gasteiger partial charge in [0.15, 0.2) is 18.0 Å². The number of aliphatic hydroxyl groups is 4. The zero-order valence-corrected chi connectivity index (χ0v) is 11.2. The van der Waals surface area contributed by atoms with Crippen LogP contribution in [0.15, 0.2) is 47.9 Å². The Bertz CT molecular complexity index is 672. The van der Waals surface area contributed by atoms with Crippen molar-refractivity contribution in [1.82, 2.24) is 0 Å². The lowest BCUT2D eigenvalue weighted by molar-refractivity contribution is -0.195. The predicted octanol–water partition coefficient (Wildman–Crippen LogP) is 0.0300. The number of carbonyl (C=O) groups excluding carboxylic acids is 1. The van der Waals surface area contributed by atoms with Crippen molar-refractivity contribution < 1.29 is 35.1 Å². The van der Waals surface area contributed by atoms with E-state index in [1.807, 2.05) is 0 Å². The molecule has 1 saturated heterocycles. The number of rotatable bonds is 1. The van der Waals surface area contributed by atoms with Crippen LogP contribution in [0.2, 0.25) is 0 Å². The highest BCUT2D eigenvalue weighted by Crippen LogP contribution is 2.42. The molecule has 3 atom stereocenters. The first kappa shape index (κ1) is 14.6. The maximum Gasteiger partial charge on any atom is 0.204 e. The fourth-order valence-electron chi connectivity index (χ4n) is 2.68. The van der Waals surface area contributed by atoms with Crippen molar-refractivity contribution in [2.24, 2.45) is 5.92 Å². The molecule has 7 heteroatoms. The van der Waals surface area contributed by atoms with E-state index in [1.165, 1.54) is 24.3 Å². The van der Waals surface area contributed by atoms with E-state index >= 15 is 0 Å². The maximum absolute atomic E-state index is 12.3. The molecule has 5 N–H and O–H groups in total. The number of ketones is 1. The molecule has 0 aromatic heterocycles. The molecule has 7 nitrogen and oxygen atoms in total. The van der Waals surface area contributed by atoms with Crippen molar-refractivity contribution in [2.75, 3.05) is 0 Å². The highest BCUT2D eigenvalue weighted by atomic mass is 16.5. The molecule has 0 saturated carbocycles. The lowest BCUT2D eigenvalue weighted by Crippen LogP contribution is -2.52. The van der Waals surface area contributed by atoms with E-state index in [-0.39, 0.29) is 11.5 Å². The molecule has 1 unspecified atom stereocenters. The number of phenolic OH excluding ortho intramolecular Hbond substituents is 1. The standard InChI is InChI=1S/C15H14O7/c16-8-3-1-7(2-4-8)14-13(19)12(18)11-10(22-14)5-9(17)6-15(11,20)21/h1-6,11,13-14,16-17,19-21H/t11?,13-,14+/m0/s1. The van der Waals surface area contributed by atoms with Gasteiger partial charge in [0, 0.05) is 12.2 Å². The Labute approximate surface area is 125 Å². The molecule has 1 aromatic carbocycles. The van der Waals surface area contributed by atoms with Crippen LogP contribution in [0.25, 0.3) is 0 Å². The Morgan fingerprint density at radius 1 is 1.09 bits per heavy atom. The zero-order valence-electron chi connectivity index (χ0n) is 11.2. The Morgan fingerprint density at radius 3 is 2.36 bits per heavy atom. The largest absolute Gasteiger partial charge is 0.508 e. The van der Waals surface area contributed by atoms with Gasteiger partial charge in [-0.3, -0.25) is 4.79 Å². The molecule has 0 spiro atoms. The van der Waals surface area contributed by atoms with Gasteiger partial charge in [0.2, 0.25) is 5.79 Å². The number of hydrogen-bond acceptors (Lipinski definition) is 7. The molecule has 116 valence electrons. The van der Waals surface area contributed by atoms with Crippen molar-refractivity contribution in [1.29, 1.82) is 0 Å². The third-order valence-electron chi connectivity index (χ3n) is 3.71. The lowest BCUT2D eigenvalue weighted by Gasteiger charge is -2.40. The average Bonchev–Trinajstić information content (AvgIpc) is 2.42. The van der Waals surface area contributed by atoms with Gasteiger partial charge in [-0.05, 0) is 17.7 Å². The number of carbonyl (C=O) groups is 1. The molecule has 3 rings (SSSR count). The molecule has 2 aliphatic rings. The molecule has 1 aromatic rings. The summed E-state index contributed by atoms with van der Waals surface area (Å²) < 4.78 is 5.49. The first-order chi connectivity index (χ1) is 10.3. The van der Waals surface area contributed by atoms with E-state index in [2.05, 4.69) is 0 Å². The molecule has 1 heterocycles. The summed E-state index contributed by atoms with van der Waals surface area (Å²) in [7, 11) is 0. The Kier molecular flexibility index (Phi) is 3.21. The Balaban J connectivity index is 2.00. The number of fused-ring (bicyclic) bond motifs is 1. The van der Waals surface area contributed by atoms with E-state index in [0.29, 0.717) is 11.6 Å². The van der Waals surface area contributed by atoms with E-state index in [0.717, 1.165) is 6.08 Å². The van der Waals surface area contributed by atoms with E-state index in [4.69, 9.17) is 4.74 Å². The van der Waals surface area contributed by atoms with Gasteiger partial charge in [-0.1, -0.05) is 12.1 Å². The molecule has 0 amide bonds. The number of Topliss-reactive ketones (excluding diaryl/α,β-unsaturated/α-hetero) is 1. The third-order valence-corrected chi connectivity index (χ3v) is 3.71. The highest BCUT2D eigenvalue weighted by molar-refractivity contribution is 5.90. The molecule has 22 heavy (non-hydrogen) atoms. The number of benzene rings is 1. The third kappa shape index (κ3) is 2.25. The van der Waals surface area contributed by atoms with Crippen LogP contribution in [0.5, 0.6) is 5.75 Å². The summed E-state index contributed by atoms with van der Waals surface area (Å²) in [4.78, 5) is 12.3. The van der Waals surface area contributed by atoms with E-state index < -0.39 is 35.5 Å². The minimum atomic E-state index is -2.63. The minimum absolute atomic E-state index is 0.0143. The van der Waals surface area contributed by atoms with Gasteiger partial charge in [0.1, 0.15) is 23.2 Å². The summed E-state index contributed by atoms with van der Waals surface area (Å²) in [5.41, 5.74) is 0.425. The van der Waals surface area contributed by atoms with Gasteiger partial charge in [-0.15, -0.1) is 0 Å². The fourth-order valence-corrected chi connectivity index (χ4v) is 2.68. The van der Waals surface area contributed by atoms with Crippen LogP contribution >= 0.6 is 0 Å². The number of ether oxygens (including phenoxy) is 1. The second-order valence-corrected chi connectivity index (χ2v) is 5.31. The Morgan fingerprint density at radius 2 is 1.73 bits per heavy atom. The minimum Gasteiger partial charge on any atom is -0.508 e. The molecule has 0 bridgehead atoms. The van der Waals surface area contributed by atoms with Crippen molar-refractivity contribution in [3.63, 3.8) is 0 Å². The summed E-state index contributed by atoms with van der Waals surface area (Å²) in [6.45, 7) is 0. The van der Waals surface area contributed by atoms with Gasteiger partial charge < -0.3 is 30.3 Å². The first-order valence-corrected chi connectivity index (χ1v) is 6.55. The zero-order chi connectivity index (χ0) is 16.1. The second-order valence-electron chi connectivity index (χ2n) is 5.31. The molecule has 1 fully saturated rings. The maximum atomic E-state index is 12.3. The summed E-state index contributed by atoms with van der Waals surface area (Å²) in [6, 6.07) is 5.69. The van der Waals surface area contributed by atoms with Gasteiger partial charge in [0.25, 0.3) is 0 Å². The van der Waals surface area contributed by atoms with Crippen LogP contribution in [0.3, 0.4) is 0 Å². The van der Waals surface area contributed by atoms with Gasteiger partial charge in [-0.25, -0.2) is 0 Å². The van der Waals surface area contributed by atoms with Crippen LogP contribution < -0.4 is 0 Å². The highest BCUT2D eigenvalue weighted by Gasteiger charge is 2.52. The first-order valence-electron chi connectivity index (χ1n) is 6.55. The number of aromatic hydroxyl groups is 1. The van der Waals surface area contributed by atoms with Crippen molar-refractivity contribution in [2.45, 2.75) is 18.0 Å². The van der Waals surface area contributed by atoms with Crippen molar-refractivity contribution in [3.8, 4) is 5.75 Å². The summed E-state index contributed by atoms with van der Waals surface area (Å²) in [5.74, 6) is -5.55. The van der Waals surface area contributed by atoms with Crippen LogP contribution in [0, 0.1) is 5.92 Å². The van der Waals surface area contributed by atoms with Crippen molar-refractivity contribution in [3.05, 3.63) is 53.5 Å². The molecular weight excluding hydrogens is 292 g/mol.